The van der Waals surface area contributed by atoms with Crippen molar-refractivity contribution in [2.24, 2.45) is 21.7 Å². The molecule has 0 aromatic carbocycles. The van der Waals surface area contributed by atoms with Crippen LogP contribution in [0.1, 0.15) is 83.1 Å². The first-order valence-corrected chi connectivity index (χ1v) is 7.41. The molecule has 0 bridgehead atoms. The summed E-state index contributed by atoms with van der Waals surface area (Å²) in [6.07, 6.45) is 0. The van der Waals surface area contributed by atoms with Crippen molar-refractivity contribution >= 4 is 0 Å². The van der Waals surface area contributed by atoms with Crippen LogP contribution in [-0.4, -0.2) is 0 Å². The van der Waals surface area contributed by atoms with Gasteiger partial charge in [0.05, 0.1) is 0 Å². The Balaban J connectivity index is -0.0000000533. The van der Waals surface area contributed by atoms with E-state index in [1.54, 1.807) is 0 Å². The smallest absolute Gasteiger partial charge is 0.338 e. The molecule has 130 valence electrons. The molecule has 0 aromatic heterocycles. The second-order valence-electron chi connectivity index (χ2n) is 10.2. The van der Waals surface area contributed by atoms with Crippen molar-refractivity contribution in [2.75, 3.05) is 0 Å². The van der Waals surface area contributed by atoms with Gasteiger partial charge in [0.25, 0.3) is 0 Å². The van der Waals surface area contributed by atoms with Crippen LogP contribution in [0, 0.1) is 49.4 Å². The van der Waals surface area contributed by atoms with E-state index in [9.17, 15) is 0 Å². The van der Waals surface area contributed by atoms with Crippen LogP contribution in [0.25, 0.3) is 0 Å². The molecule has 0 aliphatic rings. The Morgan fingerprint density at radius 2 is 0.333 bits per heavy atom. The fourth-order valence-electron chi connectivity index (χ4n) is 0. The second-order valence-corrected chi connectivity index (χ2v) is 10.2. The van der Waals surface area contributed by atoms with Gasteiger partial charge in [-0.1, -0.05) is 83.1 Å². The monoisotopic (exact) mass is 336 g/mol. The average Bonchev–Trinajstić information content (AvgIpc) is 1.62. The van der Waals surface area contributed by atoms with E-state index in [-0.39, 0.29) is 39.0 Å². The number of hydrogen-bond donors (Lipinski definition) is 0. The summed E-state index contributed by atoms with van der Waals surface area (Å²) in [5.74, 6) is 0. The van der Waals surface area contributed by atoms with Crippen LogP contribution in [0.15, 0.2) is 0 Å². The third-order valence-corrected chi connectivity index (χ3v) is 0. The predicted octanol–water partition coefficient (Wildman–Crippen LogP) is 7.46. The summed E-state index contributed by atoms with van der Waals surface area (Å²) in [5, 5.41) is 0. The third kappa shape index (κ3) is 24900. The Morgan fingerprint density at radius 1 is 0.333 bits per heavy atom. The van der Waals surface area contributed by atoms with Crippen molar-refractivity contribution < 1.29 is 17.4 Å². The molecule has 0 N–H and O–H groups in total. The zero-order chi connectivity index (χ0) is 18.0. The zero-order valence-corrected chi connectivity index (χ0v) is 18.5. The Hall–Kier alpha value is 0.532. The van der Waals surface area contributed by atoms with E-state index in [1.807, 2.05) is 0 Å². The maximum atomic E-state index is 3.77. The van der Waals surface area contributed by atoms with Crippen LogP contribution in [0.4, 0.5) is 0 Å². The topological polar surface area (TPSA) is 0 Å². The van der Waals surface area contributed by atoms with Gasteiger partial charge in [-0.15, -0.1) is 0 Å². The van der Waals surface area contributed by atoms with E-state index < -0.39 is 0 Å². The minimum absolute atomic E-state index is 0. The van der Waals surface area contributed by atoms with Gasteiger partial charge in [-0.25, -0.2) is 0 Å². The number of rotatable bonds is 0. The van der Waals surface area contributed by atoms with Crippen molar-refractivity contribution in [1.29, 1.82) is 0 Å². The first-order chi connectivity index (χ1) is 8.00. The van der Waals surface area contributed by atoms with Gasteiger partial charge in [0.15, 0.2) is 0 Å². The van der Waals surface area contributed by atoms with Crippen LogP contribution >= 0.6 is 0 Å². The standard InChI is InChI=1S/4C5H11.Cr/c4*1-5(2,3)4;/h4*1H2,2-4H3;/q4*-1;+4. The van der Waals surface area contributed by atoms with E-state index >= 15 is 0 Å². The summed E-state index contributed by atoms with van der Waals surface area (Å²) < 4.78 is 0. The summed E-state index contributed by atoms with van der Waals surface area (Å²) in [6.45, 7) is 40.0. The van der Waals surface area contributed by atoms with Crippen LogP contribution < -0.4 is 0 Å². The molecule has 0 fully saturated rings. The predicted molar refractivity (Wildman–Crippen MR) is 99.2 cm³/mol. The van der Waals surface area contributed by atoms with Crippen molar-refractivity contribution in [3.05, 3.63) is 27.7 Å². The van der Waals surface area contributed by atoms with Gasteiger partial charge in [-0.3, -0.25) is 0 Å². The van der Waals surface area contributed by atoms with E-state index in [2.05, 4.69) is 111 Å². The number of hydrogen-bond acceptors (Lipinski definition) is 0. The molecule has 0 atom stereocenters. The summed E-state index contributed by atoms with van der Waals surface area (Å²) in [7, 11) is 0. The zero-order valence-electron chi connectivity index (χ0n) is 17.2. The van der Waals surface area contributed by atoms with Gasteiger partial charge in [0.1, 0.15) is 0 Å². The summed E-state index contributed by atoms with van der Waals surface area (Å²) >= 11 is 0. The first-order valence-electron chi connectivity index (χ1n) is 7.41. The van der Waals surface area contributed by atoms with E-state index in [0.717, 1.165) is 0 Å². The molecule has 0 aliphatic heterocycles. The summed E-state index contributed by atoms with van der Waals surface area (Å²) in [5.41, 5.74) is 1.00. The molecule has 0 spiro atoms. The first kappa shape index (κ1) is 33.2. The Kier molecular flexibility index (Phi) is 20.6. The molecule has 21 heavy (non-hydrogen) atoms. The normalized spacial score (nSPS) is 11.4. The van der Waals surface area contributed by atoms with Crippen LogP contribution in [0.2, 0.25) is 0 Å². The molecule has 0 heterocycles. The third-order valence-electron chi connectivity index (χ3n) is 0. The SMILES string of the molecule is [CH2-]C(C)(C)C.[CH2-]C(C)(C)C.[CH2-]C(C)(C)C.[CH2-]C(C)(C)C.[Cr+4]. The molecule has 1 heteroatoms. The van der Waals surface area contributed by atoms with Crippen molar-refractivity contribution in [3.63, 3.8) is 0 Å². The van der Waals surface area contributed by atoms with E-state index in [0.29, 0.717) is 0 Å². The quantitative estimate of drug-likeness (QED) is 0.403. The molecule has 0 saturated heterocycles. The minimum atomic E-state index is 0. The van der Waals surface area contributed by atoms with Gasteiger partial charge in [0.2, 0.25) is 0 Å². The molecule has 0 rings (SSSR count). The van der Waals surface area contributed by atoms with Crippen LogP contribution in [-0.2, 0) is 17.4 Å². The van der Waals surface area contributed by atoms with Gasteiger partial charge in [0, 0.05) is 0 Å². The molecule has 0 unspecified atom stereocenters. The Morgan fingerprint density at radius 3 is 0.333 bits per heavy atom. The maximum absolute atomic E-state index is 3.77. The fourth-order valence-corrected chi connectivity index (χ4v) is 0. The molecule has 0 amide bonds. The van der Waals surface area contributed by atoms with Crippen molar-refractivity contribution in [3.8, 4) is 0 Å². The Bertz CT molecular complexity index is 116. The molecule has 0 saturated carbocycles. The fraction of sp³-hybridized carbons (Fsp3) is 0.800. The Labute approximate surface area is 150 Å². The van der Waals surface area contributed by atoms with Gasteiger partial charge in [-0.2, -0.15) is 21.7 Å². The molecule has 0 radical (unpaired) electrons. The van der Waals surface area contributed by atoms with Gasteiger partial charge < -0.3 is 27.7 Å². The molecule has 0 nitrogen and oxygen atoms in total. The van der Waals surface area contributed by atoms with E-state index in [4.69, 9.17) is 0 Å². The van der Waals surface area contributed by atoms with Gasteiger partial charge in [-0.05, 0) is 0 Å². The van der Waals surface area contributed by atoms with Gasteiger partial charge >= 0.3 is 17.4 Å². The van der Waals surface area contributed by atoms with Crippen molar-refractivity contribution in [1.82, 2.24) is 0 Å². The van der Waals surface area contributed by atoms with Crippen LogP contribution in [0.3, 0.4) is 0 Å². The second kappa shape index (κ2) is 13.0. The average molecular weight is 337 g/mol. The molecular formula is C20H44Cr. The van der Waals surface area contributed by atoms with Crippen LogP contribution in [0.5, 0.6) is 0 Å². The largest absolute Gasteiger partial charge is 4.00 e. The maximum Gasteiger partial charge on any atom is 4.00 e. The molecular weight excluding hydrogens is 292 g/mol. The van der Waals surface area contributed by atoms with Crippen molar-refractivity contribution in [2.45, 2.75) is 83.1 Å². The molecule has 0 aliphatic carbocycles. The van der Waals surface area contributed by atoms with E-state index in [1.165, 1.54) is 0 Å². The summed E-state index contributed by atoms with van der Waals surface area (Å²) in [6, 6.07) is 0. The summed E-state index contributed by atoms with van der Waals surface area (Å²) in [4.78, 5) is 0. The molecule has 0 aromatic rings. The minimum Gasteiger partial charge on any atom is -0.338 e.